The minimum absolute atomic E-state index is 0.465. The highest BCUT2D eigenvalue weighted by Gasteiger charge is 2.36. The number of urea groups is 1. The molecular weight excluding hydrogens is 194 g/mol. The van der Waals surface area contributed by atoms with E-state index in [1.165, 1.54) is 4.90 Å². The molecule has 0 aliphatic carbocycles. The van der Waals surface area contributed by atoms with Crippen LogP contribution < -0.4 is 5.73 Å². The lowest BCUT2D eigenvalue weighted by Crippen LogP contribution is -2.59. The summed E-state index contributed by atoms with van der Waals surface area (Å²) >= 11 is 8.52. The molecule has 12 heavy (non-hydrogen) atoms. The van der Waals surface area contributed by atoms with Gasteiger partial charge in [0, 0.05) is 19.6 Å². The summed E-state index contributed by atoms with van der Waals surface area (Å²) in [6.45, 7) is 2.01. The lowest BCUT2D eigenvalue weighted by atomic mass is 10.3. The lowest BCUT2D eigenvalue weighted by Gasteiger charge is -2.43. The summed E-state index contributed by atoms with van der Waals surface area (Å²) in [6.07, 6.45) is 0. The van der Waals surface area contributed by atoms with Crippen LogP contribution in [0.5, 0.6) is 0 Å². The van der Waals surface area contributed by atoms with Crippen molar-refractivity contribution in [2.24, 2.45) is 5.73 Å². The number of carbonyl (C=O) groups excluding carboxylic acids is 1. The predicted octanol–water partition coefficient (Wildman–Crippen LogP) is -0.174. The van der Waals surface area contributed by atoms with Gasteiger partial charge in [-0.2, -0.15) is 0 Å². The first-order valence-electron chi connectivity index (χ1n) is 3.64. The Morgan fingerprint density at radius 1 is 1.50 bits per heavy atom. The average molecular weight is 207 g/mol. The van der Waals surface area contributed by atoms with E-state index >= 15 is 0 Å². The fourth-order valence-corrected chi connectivity index (χ4v) is 2.14. The van der Waals surface area contributed by atoms with Crippen LogP contribution in [0.4, 0.5) is 4.79 Å². The number of piperazine rings is 1. The van der Waals surface area contributed by atoms with Gasteiger partial charge in [-0.1, -0.05) is 0 Å². The molecule has 70 valence electrons. The Labute approximate surface area is 82.9 Å². The van der Waals surface area contributed by atoms with Crippen LogP contribution in [-0.2, 0) is 0 Å². The Morgan fingerprint density at radius 2 is 2.08 bits per heavy atom. The van der Waals surface area contributed by atoms with Gasteiger partial charge in [-0.25, -0.2) is 4.79 Å². The SMILES string of the molecule is CN1CCN(C(N)=O)C(S)(S)C1. The largest absolute Gasteiger partial charge is 0.351 e. The van der Waals surface area contributed by atoms with Gasteiger partial charge in [-0.05, 0) is 7.05 Å². The van der Waals surface area contributed by atoms with Gasteiger partial charge >= 0.3 is 6.03 Å². The molecule has 0 aromatic carbocycles. The van der Waals surface area contributed by atoms with E-state index in [1.54, 1.807) is 0 Å². The summed E-state index contributed by atoms with van der Waals surface area (Å²) in [6, 6.07) is -0.465. The Balaban J connectivity index is 2.70. The minimum Gasteiger partial charge on any atom is -0.351 e. The van der Waals surface area contributed by atoms with Crippen LogP contribution in [0, 0.1) is 0 Å². The molecule has 1 heterocycles. The molecule has 4 nitrogen and oxygen atoms in total. The number of carbonyl (C=O) groups is 1. The van der Waals surface area contributed by atoms with Gasteiger partial charge in [0.1, 0.15) is 4.20 Å². The van der Waals surface area contributed by atoms with E-state index in [9.17, 15) is 4.79 Å². The molecule has 1 saturated heterocycles. The van der Waals surface area contributed by atoms with Crippen LogP contribution in [0.15, 0.2) is 0 Å². The van der Waals surface area contributed by atoms with Crippen molar-refractivity contribution in [1.82, 2.24) is 9.80 Å². The van der Waals surface area contributed by atoms with E-state index in [-0.39, 0.29) is 0 Å². The Hall–Kier alpha value is -0.0700. The molecule has 0 radical (unpaired) electrons. The number of likely N-dealkylation sites (N-methyl/N-ethyl adjacent to an activating group) is 1. The second kappa shape index (κ2) is 3.35. The summed E-state index contributed by atoms with van der Waals surface area (Å²) in [5.41, 5.74) is 5.16. The summed E-state index contributed by atoms with van der Waals surface area (Å²) in [7, 11) is 1.96. The van der Waals surface area contributed by atoms with Gasteiger partial charge in [0.25, 0.3) is 0 Å². The molecule has 0 atom stereocenters. The Kier molecular flexibility index (Phi) is 2.80. The molecule has 0 spiro atoms. The molecule has 1 rings (SSSR count). The Bertz CT molecular complexity index is 197. The summed E-state index contributed by atoms with van der Waals surface area (Å²) in [5, 5.41) is 0. The molecule has 0 aromatic rings. The third kappa shape index (κ3) is 1.99. The van der Waals surface area contributed by atoms with E-state index in [4.69, 9.17) is 5.73 Å². The first-order chi connectivity index (χ1) is 5.43. The number of rotatable bonds is 0. The fourth-order valence-electron chi connectivity index (χ4n) is 1.26. The van der Waals surface area contributed by atoms with Crippen molar-refractivity contribution in [2.75, 3.05) is 26.7 Å². The number of primary amides is 1. The topological polar surface area (TPSA) is 49.6 Å². The second-order valence-corrected chi connectivity index (χ2v) is 4.83. The Morgan fingerprint density at radius 3 is 2.50 bits per heavy atom. The molecular formula is C6H13N3OS2. The number of nitrogens with zero attached hydrogens (tertiary/aromatic N) is 2. The molecule has 2 N–H and O–H groups in total. The van der Waals surface area contributed by atoms with Crippen molar-refractivity contribution >= 4 is 31.3 Å². The van der Waals surface area contributed by atoms with Gasteiger partial charge in [0.05, 0.1) is 0 Å². The smallest absolute Gasteiger partial charge is 0.316 e. The zero-order valence-electron chi connectivity index (χ0n) is 6.90. The summed E-state index contributed by atoms with van der Waals surface area (Å²) in [4.78, 5) is 14.4. The van der Waals surface area contributed by atoms with Gasteiger partial charge in [0.2, 0.25) is 0 Å². The maximum Gasteiger partial charge on any atom is 0.316 e. The van der Waals surface area contributed by atoms with Crippen molar-refractivity contribution in [3.05, 3.63) is 0 Å². The molecule has 1 fully saturated rings. The van der Waals surface area contributed by atoms with Gasteiger partial charge in [-0.15, -0.1) is 25.3 Å². The van der Waals surface area contributed by atoms with Crippen LogP contribution >= 0.6 is 25.3 Å². The van der Waals surface area contributed by atoms with E-state index in [2.05, 4.69) is 30.2 Å². The van der Waals surface area contributed by atoms with E-state index in [0.717, 1.165) is 6.54 Å². The molecule has 2 amide bonds. The van der Waals surface area contributed by atoms with Crippen LogP contribution in [0.1, 0.15) is 0 Å². The van der Waals surface area contributed by atoms with E-state index in [1.807, 2.05) is 7.05 Å². The lowest BCUT2D eigenvalue weighted by molar-refractivity contribution is 0.138. The third-order valence-electron chi connectivity index (χ3n) is 1.89. The fraction of sp³-hybridized carbons (Fsp3) is 0.833. The van der Waals surface area contributed by atoms with Crippen LogP contribution in [0.3, 0.4) is 0 Å². The van der Waals surface area contributed by atoms with Crippen molar-refractivity contribution in [1.29, 1.82) is 0 Å². The third-order valence-corrected chi connectivity index (χ3v) is 2.65. The molecule has 1 aliphatic heterocycles. The second-order valence-electron chi connectivity index (χ2n) is 3.00. The molecule has 1 aliphatic rings. The number of nitrogens with two attached hydrogens (primary N) is 1. The number of hydrogen-bond donors (Lipinski definition) is 3. The highest BCUT2D eigenvalue weighted by Crippen LogP contribution is 2.28. The van der Waals surface area contributed by atoms with Crippen molar-refractivity contribution in [3.63, 3.8) is 0 Å². The predicted molar refractivity (Wildman–Crippen MR) is 54.5 cm³/mol. The zero-order chi connectivity index (χ0) is 9.35. The average Bonchev–Trinajstić information content (AvgIpc) is 1.82. The molecule has 0 unspecified atom stereocenters. The number of hydrogen-bond acceptors (Lipinski definition) is 4. The first-order valence-corrected chi connectivity index (χ1v) is 4.53. The van der Waals surface area contributed by atoms with Gasteiger partial charge in [0.15, 0.2) is 0 Å². The zero-order valence-corrected chi connectivity index (χ0v) is 8.68. The molecule has 0 bridgehead atoms. The summed E-state index contributed by atoms with van der Waals surface area (Å²) in [5.74, 6) is 0. The van der Waals surface area contributed by atoms with Gasteiger partial charge < -0.3 is 10.6 Å². The number of thiol groups is 2. The maximum atomic E-state index is 10.9. The van der Waals surface area contributed by atoms with Gasteiger partial charge in [-0.3, -0.25) is 4.90 Å². The van der Waals surface area contributed by atoms with E-state index in [0.29, 0.717) is 13.1 Å². The van der Waals surface area contributed by atoms with Crippen LogP contribution in [0.2, 0.25) is 0 Å². The monoisotopic (exact) mass is 207 g/mol. The normalized spacial score (nSPS) is 24.1. The molecule has 0 saturated carbocycles. The highest BCUT2D eigenvalue weighted by molar-refractivity contribution is 8.00. The highest BCUT2D eigenvalue weighted by atomic mass is 32.2. The maximum absolute atomic E-state index is 10.9. The van der Waals surface area contributed by atoms with E-state index < -0.39 is 10.2 Å². The first kappa shape index (κ1) is 10.0. The summed E-state index contributed by atoms with van der Waals surface area (Å²) < 4.78 is -0.737. The standard InChI is InChI=1S/C6H13N3OS2/c1-8-2-3-9(5(7)10)6(11,12)4-8/h11-12H,2-4H2,1H3,(H2,7,10). The number of amides is 2. The minimum atomic E-state index is -0.737. The quantitative estimate of drug-likeness (QED) is 0.381. The molecule has 6 heteroatoms. The van der Waals surface area contributed by atoms with Crippen molar-refractivity contribution in [2.45, 2.75) is 4.20 Å². The van der Waals surface area contributed by atoms with Crippen LogP contribution in [-0.4, -0.2) is 46.7 Å². The molecule has 0 aromatic heterocycles. The van der Waals surface area contributed by atoms with Crippen LogP contribution in [0.25, 0.3) is 0 Å². The van der Waals surface area contributed by atoms with Crippen molar-refractivity contribution in [3.8, 4) is 0 Å². The van der Waals surface area contributed by atoms with Crippen molar-refractivity contribution < 1.29 is 4.79 Å².